The van der Waals surface area contributed by atoms with Crippen molar-refractivity contribution in [3.63, 3.8) is 0 Å². The Balaban J connectivity index is 0. The molecule has 66 valence electrons. The van der Waals surface area contributed by atoms with Crippen LogP contribution in [0, 0.1) is 0 Å². The van der Waals surface area contributed by atoms with Gasteiger partial charge in [0.2, 0.25) is 0 Å². The van der Waals surface area contributed by atoms with Gasteiger partial charge >= 0.3 is 15.4 Å². The van der Waals surface area contributed by atoms with Crippen molar-refractivity contribution < 1.29 is 14.6 Å². The van der Waals surface area contributed by atoms with Gasteiger partial charge in [-0.3, -0.25) is 0 Å². The normalized spacial score (nSPS) is 8.00. The third-order valence-electron chi connectivity index (χ3n) is 1.14. The van der Waals surface area contributed by atoms with Crippen molar-refractivity contribution in [1.29, 1.82) is 0 Å². The molecule has 0 saturated carbocycles. The molecule has 0 rings (SSSR count). The first-order valence-electron chi connectivity index (χ1n) is 4.12. The van der Waals surface area contributed by atoms with Gasteiger partial charge in [0.05, 0.1) is 0 Å². The van der Waals surface area contributed by atoms with Crippen LogP contribution in [-0.2, 0) is 4.57 Å². The zero-order valence-electron chi connectivity index (χ0n) is 7.55. The maximum atomic E-state index is 7.68. The van der Waals surface area contributed by atoms with E-state index < -0.39 is 15.4 Å². The third kappa shape index (κ3) is 25.6. The highest BCUT2D eigenvalue weighted by molar-refractivity contribution is 6.32. The Bertz CT molecular complexity index is 49.1. The molecule has 0 aliphatic rings. The maximum Gasteiger partial charge on any atom is 0.421 e. The second-order valence-corrected chi connectivity index (χ2v) is 2.17. The SMILES string of the molecule is CCCCCC.OBOBO. The van der Waals surface area contributed by atoms with E-state index in [0.29, 0.717) is 0 Å². The highest BCUT2D eigenvalue weighted by atomic mass is 16.5. The zero-order chi connectivity index (χ0) is 8.95. The van der Waals surface area contributed by atoms with Crippen LogP contribution in [0.4, 0.5) is 0 Å². The summed E-state index contributed by atoms with van der Waals surface area (Å²) in [5, 5.41) is 15.4. The summed E-state index contributed by atoms with van der Waals surface area (Å²) < 4.78 is 3.94. The van der Waals surface area contributed by atoms with Crippen molar-refractivity contribution in [1.82, 2.24) is 0 Å². The minimum Gasteiger partial charge on any atom is -0.457 e. The van der Waals surface area contributed by atoms with E-state index in [-0.39, 0.29) is 0 Å². The molecule has 11 heavy (non-hydrogen) atoms. The zero-order valence-corrected chi connectivity index (χ0v) is 7.55. The van der Waals surface area contributed by atoms with Gasteiger partial charge in [-0.15, -0.1) is 0 Å². The summed E-state index contributed by atoms with van der Waals surface area (Å²) in [4.78, 5) is 0. The third-order valence-corrected chi connectivity index (χ3v) is 1.14. The highest BCUT2D eigenvalue weighted by Crippen LogP contribution is 1.95. The Morgan fingerprint density at radius 1 is 1.00 bits per heavy atom. The van der Waals surface area contributed by atoms with Crippen LogP contribution in [0.1, 0.15) is 39.5 Å². The van der Waals surface area contributed by atoms with E-state index in [1.165, 1.54) is 25.7 Å². The lowest BCUT2D eigenvalue weighted by molar-refractivity contribution is 0.408. The van der Waals surface area contributed by atoms with E-state index >= 15 is 0 Å². The van der Waals surface area contributed by atoms with Gasteiger partial charge in [-0.25, -0.2) is 0 Å². The second kappa shape index (κ2) is 16.5. The Kier molecular flexibility index (Phi) is 20.4. The second-order valence-electron chi connectivity index (χ2n) is 2.17. The molecule has 5 heteroatoms. The molecule has 0 aromatic rings. The van der Waals surface area contributed by atoms with Gasteiger partial charge in [-0.1, -0.05) is 39.5 Å². The summed E-state index contributed by atoms with van der Waals surface area (Å²) in [5.74, 6) is 0. The van der Waals surface area contributed by atoms with Crippen LogP contribution in [-0.4, -0.2) is 25.4 Å². The topological polar surface area (TPSA) is 49.7 Å². The van der Waals surface area contributed by atoms with E-state index in [4.69, 9.17) is 10.0 Å². The van der Waals surface area contributed by atoms with Crippen molar-refractivity contribution >= 4 is 15.4 Å². The van der Waals surface area contributed by atoms with E-state index in [2.05, 4.69) is 18.4 Å². The fraction of sp³-hybridized carbons (Fsp3) is 1.00. The molecule has 0 amide bonds. The average Bonchev–Trinajstić information content (AvgIpc) is 2.04. The standard InChI is InChI=1S/C6H14.B2H4O3/c1-3-5-6-4-2;3-1-5-2-4/h3-6H2,1-2H3;1-4H. The van der Waals surface area contributed by atoms with Crippen LogP contribution in [0.2, 0.25) is 0 Å². The predicted molar refractivity (Wildman–Crippen MR) is 49.6 cm³/mol. The largest absolute Gasteiger partial charge is 0.457 e. The number of rotatable bonds is 5. The van der Waals surface area contributed by atoms with E-state index in [1.807, 2.05) is 0 Å². The minimum atomic E-state index is -0.406. The lowest BCUT2D eigenvalue weighted by atomic mass is 10.2. The molecule has 0 bridgehead atoms. The van der Waals surface area contributed by atoms with Gasteiger partial charge in [0.25, 0.3) is 0 Å². The first-order chi connectivity index (χ1) is 5.33. The Hall–Kier alpha value is 0.00987. The molecule has 3 nitrogen and oxygen atoms in total. The fourth-order valence-electron chi connectivity index (χ4n) is 0.541. The van der Waals surface area contributed by atoms with E-state index in [1.54, 1.807) is 0 Å². The molecule has 0 atom stereocenters. The van der Waals surface area contributed by atoms with E-state index in [9.17, 15) is 0 Å². The molecule has 2 N–H and O–H groups in total. The summed E-state index contributed by atoms with van der Waals surface area (Å²) in [6, 6.07) is 0. The molecular weight excluding hydrogens is 142 g/mol. The Morgan fingerprint density at radius 2 is 1.36 bits per heavy atom. The number of unbranched alkanes of at least 4 members (excludes halogenated alkanes) is 3. The van der Waals surface area contributed by atoms with Crippen LogP contribution >= 0.6 is 0 Å². The van der Waals surface area contributed by atoms with E-state index in [0.717, 1.165) is 0 Å². The molecule has 0 saturated heterocycles. The predicted octanol–water partition coefficient (Wildman–Crippen LogP) is 0.107. The summed E-state index contributed by atoms with van der Waals surface area (Å²) in [7, 11) is -0.812. The van der Waals surface area contributed by atoms with Gasteiger partial charge in [0.1, 0.15) is 0 Å². The molecule has 0 fully saturated rings. The highest BCUT2D eigenvalue weighted by Gasteiger charge is 1.77. The summed E-state index contributed by atoms with van der Waals surface area (Å²) in [6.07, 6.45) is 5.54. The van der Waals surface area contributed by atoms with Crippen molar-refractivity contribution in [2.75, 3.05) is 0 Å². The molecule has 0 radical (unpaired) electrons. The van der Waals surface area contributed by atoms with Crippen molar-refractivity contribution in [3.05, 3.63) is 0 Å². The van der Waals surface area contributed by atoms with Gasteiger partial charge in [-0.05, 0) is 0 Å². The summed E-state index contributed by atoms with van der Waals surface area (Å²) >= 11 is 0. The molecule has 0 aliphatic carbocycles. The molecule has 0 aromatic carbocycles. The van der Waals surface area contributed by atoms with Gasteiger partial charge < -0.3 is 14.6 Å². The molecule has 0 spiro atoms. The lowest BCUT2D eigenvalue weighted by Crippen LogP contribution is -2.00. The van der Waals surface area contributed by atoms with Crippen LogP contribution < -0.4 is 0 Å². The van der Waals surface area contributed by atoms with Gasteiger partial charge in [-0.2, -0.15) is 0 Å². The Labute approximate surface area is 70.4 Å². The van der Waals surface area contributed by atoms with Crippen LogP contribution in [0.5, 0.6) is 0 Å². The summed E-state index contributed by atoms with van der Waals surface area (Å²) in [6.45, 7) is 4.46. The van der Waals surface area contributed by atoms with Crippen molar-refractivity contribution in [2.24, 2.45) is 0 Å². The van der Waals surface area contributed by atoms with Gasteiger partial charge in [0.15, 0.2) is 0 Å². The van der Waals surface area contributed by atoms with Crippen LogP contribution in [0.15, 0.2) is 0 Å². The number of hydrogen-bond acceptors (Lipinski definition) is 3. The van der Waals surface area contributed by atoms with Gasteiger partial charge in [0, 0.05) is 0 Å². The average molecular weight is 160 g/mol. The summed E-state index contributed by atoms with van der Waals surface area (Å²) in [5.41, 5.74) is 0. The quantitative estimate of drug-likeness (QED) is 0.443. The van der Waals surface area contributed by atoms with Crippen molar-refractivity contribution in [2.45, 2.75) is 39.5 Å². The van der Waals surface area contributed by atoms with Crippen molar-refractivity contribution in [3.8, 4) is 0 Å². The number of hydrogen-bond donors (Lipinski definition) is 2. The molecular formula is C6H18B2O3. The molecule has 0 heterocycles. The fourth-order valence-corrected chi connectivity index (χ4v) is 0.541. The molecule has 0 aliphatic heterocycles. The first-order valence-corrected chi connectivity index (χ1v) is 4.12. The first kappa shape index (κ1) is 13.6. The maximum absolute atomic E-state index is 7.68. The molecule has 0 aromatic heterocycles. The monoisotopic (exact) mass is 160 g/mol. The smallest absolute Gasteiger partial charge is 0.421 e. The minimum absolute atomic E-state index is 0.406. The van der Waals surface area contributed by atoms with Crippen LogP contribution in [0.3, 0.4) is 0 Å². The molecule has 0 unspecified atom stereocenters. The van der Waals surface area contributed by atoms with Crippen LogP contribution in [0.25, 0.3) is 0 Å². The Morgan fingerprint density at radius 3 is 1.45 bits per heavy atom. The lowest BCUT2D eigenvalue weighted by Gasteiger charge is -1.86.